The molecule has 0 radical (unpaired) electrons. The monoisotopic (exact) mass is 524 g/mol. The minimum absolute atomic E-state index is 0.363. The summed E-state index contributed by atoms with van der Waals surface area (Å²) < 4.78 is 6.27. The third-order valence-electron chi connectivity index (χ3n) is 8.51. The van der Waals surface area contributed by atoms with Crippen molar-refractivity contribution in [2.24, 2.45) is 0 Å². The van der Waals surface area contributed by atoms with Gasteiger partial charge in [0.1, 0.15) is 11.9 Å². The van der Waals surface area contributed by atoms with Gasteiger partial charge < -0.3 is 4.74 Å². The quantitative estimate of drug-likeness (QED) is 0.150. The highest BCUT2D eigenvalue weighted by Gasteiger charge is 2.22. The molecule has 0 N–H and O–H groups in total. The highest BCUT2D eigenvalue weighted by molar-refractivity contribution is 5.71. The first kappa shape index (κ1) is 29.4. The van der Waals surface area contributed by atoms with Crippen molar-refractivity contribution in [1.29, 1.82) is 0 Å². The molecule has 0 saturated heterocycles. The minimum atomic E-state index is 0.363. The van der Waals surface area contributed by atoms with E-state index < -0.39 is 0 Å². The Bertz CT molecular complexity index is 1080. The maximum absolute atomic E-state index is 6.27. The third-order valence-corrected chi connectivity index (χ3v) is 8.51. The Hall–Kier alpha value is -2.54. The molecule has 3 aromatic rings. The largest absolute Gasteiger partial charge is 0.490 e. The SMILES string of the molecule is CCCCCCCCCCc1ccc(-c2ccc(-c3ccc4c(c3)CC(CCCCCCCC)O4)cc2)cc1. The van der Waals surface area contributed by atoms with E-state index in [-0.39, 0.29) is 0 Å². The van der Waals surface area contributed by atoms with Crippen LogP contribution >= 0.6 is 0 Å². The number of hydrogen-bond donors (Lipinski definition) is 0. The highest BCUT2D eigenvalue weighted by atomic mass is 16.5. The lowest BCUT2D eigenvalue weighted by Gasteiger charge is -2.10. The van der Waals surface area contributed by atoms with E-state index in [1.54, 1.807) is 0 Å². The fourth-order valence-electron chi connectivity index (χ4n) is 6.00. The molecule has 3 aromatic carbocycles. The maximum atomic E-state index is 6.27. The van der Waals surface area contributed by atoms with Gasteiger partial charge in [-0.1, -0.05) is 145 Å². The van der Waals surface area contributed by atoms with Gasteiger partial charge >= 0.3 is 0 Å². The normalized spacial score (nSPS) is 14.4. The molecule has 0 amide bonds. The molecule has 1 heterocycles. The topological polar surface area (TPSA) is 9.23 Å². The summed E-state index contributed by atoms with van der Waals surface area (Å²) in [6, 6.07) is 25.1. The van der Waals surface area contributed by atoms with Crippen LogP contribution in [-0.4, -0.2) is 6.10 Å². The van der Waals surface area contributed by atoms with E-state index in [0.29, 0.717) is 6.10 Å². The van der Waals surface area contributed by atoms with Crippen LogP contribution in [0.5, 0.6) is 5.75 Å². The van der Waals surface area contributed by atoms with Crippen molar-refractivity contribution in [1.82, 2.24) is 0 Å². The van der Waals surface area contributed by atoms with Crippen molar-refractivity contribution in [3.63, 3.8) is 0 Å². The second kappa shape index (κ2) is 16.5. The Morgan fingerprint density at radius 2 is 1.03 bits per heavy atom. The second-order valence-electron chi connectivity index (χ2n) is 11.8. The first-order valence-corrected chi connectivity index (χ1v) is 16.3. The number of aryl methyl sites for hydroxylation is 1. The van der Waals surface area contributed by atoms with Gasteiger partial charge in [-0.25, -0.2) is 0 Å². The highest BCUT2D eigenvalue weighted by Crippen LogP contribution is 2.35. The zero-order valence-corrected chi connectivity index (χ0v) is 24.9. The Morgan fingerprint density at radius 1 is 0.538 bits per heavy atom. The van der Waals surface area contributed by atoms with Gasteiger partial charge in [-0.2, -0.15) is 0 Å². The molecule has 1 heteroatoms. The van der Waals surface area contributed by atoms with Crippen molar-refractivity contribution in [3.05, 3.63) is 77.9 Å². The number of hydrogen-bond acceptors (Lipinski definition) is 1. The lowest BCUT2D eigenvalue weighted by molar-refractivity contribution is 0.216. The van der Waals surface area contributed by atoms with E-state index in [2.05, 4.69) is 80.6 Å². The lowest BCUT2D eigenvalue weighted by Crippen LogP contribution is -2.12. The van der Waals surface area contributed by atoms with Crippen LogP contribution in [0.2, 0.25) is 0 Å². The van der Waals surface area contributed by atoms with E-state index in [1.165, 1.54) is 136 Å². The van der Waals surface area contributed by atoms with Crippen molar-refractivity contribution < 1.29 is 4.74 Å². The second-order valence-corrected chi connectivity index (χ2v) is 11.8. The molecule has 39 heavy (non-hydrogen) atoms. The third kappa shape index (κ3) is 9.55. The fourth-order valence-corrected chi connectivity index (χ4v) is 6.00. The molecule has 0 fully saturated rings. The number of rotatable bonds is 18. The first-order valence-electron chi connectivity index (χ1n) is 16.3. The van der Waals surface area contributed by atoms with Crippen LogP contribution < -0.4 is 4.74 Å². The van der Waals surface area contributed by atoms with Gasteiger partial charge in [-0.3, -0.25) is 0 Å². The minimum Gasteiger partial charge on any atom is -0.490 e. The summed E-state index contributed by atoms with van der Waals surface area (Å²) in [5.74, 6) is 1.10. The van der Waals surface area contributed by atoms with Gasteiger partial charge in [0.2, 0.25) is 0 Å². The van der Waals surface area contributed by atoms with Crippen LogP contribution in [-0.2, 0) is 12.8 Å². The smallest absolute Gasteiger partial charge is 0.123 e. The molecule has 0 bridgehead atoms. The number of fused-ring (bicyclic) bond motifs is 1. The molecule has 1 aliphatic heterocycles. The summed E-state index contributed by atoms with van der Waals surface area (Å²) in [6.45, 7) is 4.57. The van der Waals surface area contributed by atoms with Crippen LogP contribution in [0.15, 0.2) is 66.7 Å². The summed E-state index contributed by atoms with van der Waals surface area (Å²) in [6.07, 6.45) is 22.9. The molecule has 0 aromatic heterocycles. The van der Waals surface area contributed by atoms with Gasteiger partial charge in [-0.05, 0) is 71.2 Å². The van der Waals surface area contributed by atoms with E-state index in [0.717, 1.165) is 12.2 Å². The molecule has 4 rings (SSSR count). The van der Waals surface area contributed by atoms with Crippen molar-refractivity contribution in [2.75, 3.05) is 0 Å². The summed E-state index contributed by atoms with van der Waals surface area (Å²) in [4.78, 5) is 0. The predicted octanol–water partition coefficient (Wildman–Crippen LogP) is 11.8. The van der Waals surface area contributed by atoms with Crippen molar-refractivity contribution in [3.8, 4) is 28.0 Å². The Morgan fingerprint density at radius 3 is 1.64 bits per heavy atom. The number of benzene rings is 3. The zero-order chi connectivity index (χ0) is 27.1. The maximum Gasteiger partial charge on any atom is 0.123 e. The van der Waals surface area contributed by atoms with Gasteiger partial charge in [-0.15, -0.1) is 0 Å². The molecule has 1 unspecified atom stereocenters. The number of ether oxygens (including phenoxy) is 1. The summed E-state index contributed by atoms with van der Waals surface area (Å²) >= 11 is 0. The van der Waals surface area contributed by atoms with E-state index >= 15 is 0 Å². The van der Waals surface area contributed by atoms with E-state index in [1.807, 2.05) is 0 Å². The van der Waals surface area contributed by atoms with Crippen LogP contribution in [0.4, 0.5) is 0 Å². The van der Waals surface area contributed by atoms with Crippen LogP contribution in [0, 0.1) is 0 Å². The summed E-state index contributed by atoms with van der Waals surface area (Å²) in [5.41, 5.74) is 8.02. The first-order chi connectivity index (χ1) is 19.3. The molecular formula is C38H52O. The summed E-state index contributed by atoms with van der Waals surface area (Å²) in [5, 5.41) is 0. The van der Waals surface area contributed by atoms with Crippen molar-refractivity contribution >= 4 is 0 Å². The Kier molecular flexibility index (Phi) is 12.5. The zero-order valence-electron chi connectivity index (χ0n) is 24.9. The average Bonchev–Trinajstić information content (AvgIpc) is 3.39. The molecule has 1 nitrogen and oxygen atoms in total. The number of unbranched alkanes of at least 4 members (excludes halogenated alkanes) is 12. The molecule has 1 atom stereocenters. The van der Waals surface area contributed by atoms with E-state index in [4.69, 9.17) is 4.74 Å². The molecule has 210 valence electrons. The molecular weight excluding hydrogens is 472 g/mol. The summed E-state index contributed by atoms with van der Waals surface area (Å²) in [7, 11) is 0. The molecule has 0 spiro atoms. The average molecular weight is 525 g/mol. The molecule has 0 saturated carbocycles. The predicted molar refractivity (Wildman–Crippen MR) is 170 cm³/mol. The van der Waals surface area contributed by atoms with Gasteiger partial charge in [0.15, 0.2) is 0 Å². The van der Waals surface area contributed by atoms with E-state index in [9.17, 15) is 0 Å². The van der Waals surface area contributed by atoms with Crippen LogP contribution in [0.25, 0.3) is 22.3 Å². The Labute approximate surface area is 239 Å². The lowest BCUT2D eigenvalue weighted by atomic mass is 9.97. The van der Waals surface area contributed by atoms with Gasteiger partial charge in [0.25, 0.3) is 0 Å². The molecule has 1 aliphatic rings. The van der Waals surface area contributed by atoms with Gasteiger partial charge in [0, 0.05) is 6.42 Å². The Balaban J connectivity index is 1.22. The fraction of sp³-hybridized carbons (Fsp3) is 0.526. The van der Waals surface area contributed by atoms with Crippen LogP contribution in [0.1, 0.15) is 121 Å². The van der Waals surface area contributed by atoms with Crippen molar-refractivity contribution in [2.45, 2.75) is 129 Å². The standard InChI is InChI=1S/C38H52O/c1-3-5-7-9-11-12-13-15-17-31-19-21-32(22-20-31)33-23-25-34(26-24-33)35-27-28-38-36(29-35)30-37(39-38)18-16-14-10-8-6-4-2/h19-29,37H,3-18,30H2,1-2H3. The van der Waals surface area contributed by atoms with Crippen LogP contribution in [0.3, 0.4) is 0 Å². The molecule has 0 aliphatic carbocycles. The van der Waals surface area contributed by atoms with Gasteiger partial charge in [0.05, 0.1) is 0 Å².